The van der Waals surface area contributed by atoms with Gasteiger partial charge in [0.15, 0.2) is 16.6 Å². The van der Waals surface area contributed by atoms with Crippen LogP contribution in [0.1, 0.15) is 42.2 Å². The van der Waals surface area contributed by atoms with Gasteiger partial charge in [-0.05, 0) is 37.2 Å². The highest BCUT2D eigenvalue weighted by Crippen LogP contribution is 2.36. The number of nitro benzene ring substituents is 1. The molecule has 0 fully saturated rings. The summed E-state index contributed by atoms with van der Waals surface area (Å²) in [5, 5.41) is 15.2. The Morgan fingerprint density at radius 2 is 1.97 bits per heavy atom. The van der Waals surface area contributed by atoms with Crippen LogP contribution >= 0.6 is 12.2 Å². The van der Waals surface area contributed by atoms with Gasteiger partial charge in [-0.1, -0.05) is 43.3 Å². The minimum absolute atomic E-state index is 0.142. The molecule has 0 amide bonds. The number of Topliss-reactive ketones (excluding diaryl/α,β-unsaturated/α-hetero) is 1. The first-order valence-electron chi connectivity index (χ1n) is 9.61. The number of carbonyl (C=O) groups is 1. The Balaban J connectivity index is 2.10. The molecule has 2 aromatic rings. The number of nitrogens with one attached hydrogen (secondary N) is 1. The summed E-state index contributed by atoms with van der Waals surface area (Å²) in [5.74, 6) is 0.0478. The van der Waals surface area contributed by atoms with Crippen LogP contribution in [-0.2, 0) is 0 Å². The molecule has 0 saturated heterocycles. The fraction of sp³-hybridized carbons (Fsp3) is 0.273. The number of ether oxygens (including phenoxy) is 1. The van der Waals surface area contributed by atoms with Gasteiger partial charge in [0.1, 0.15) is 0 Å². The number of hydrogen-bond acceptors (Lipinski definition) is 5. The first-order valence-corrected chi connectivity index (χ1v) is 10.0. The average Bonchev–Trinajstić information content (AvgIpc) is 2.75. The number of benzene rings is 2. The second kappa shape index (κ2) is 9.04. The van der Waals surface area contributed by atoms with Gasteiger partial charge in [0.05, 0.1) is 17.6 Å². The molecule has 1 heterocycles. The maximum absolute atomic E-state index is 13.3. The number of allylic oxidation sites excluding steroid dienone is 1. The molecule has 30 heavy (non-hydrogen) atoms. The zero-order valence-electron chi connectivity index (χ0n) is 17.0. The third kappa shape index (κ3) is 4.18. The number of ketones is 1. The molecular weight excluding hydrogens is 402 g/mol. The molecule has 7 nitrogen and oxygen atoms in total. The molecular formula is C22H23N3O4S. The van der Waals surface area contributed by atoms with Crippen LogP contribution < -0.4 is 10.1 Å². The summed E-state index contributed by atoms with van der Waals surface area (Å²) in [4.78, 5) is 26.2. The largest absolute Gasteiger partial charge is 0.487 e. The molecule has 1 aliphatic heterocycles. The average molecular weight is 426 g/mol. The van der Waals surface area contributed by atoms with Crippen molar-refractivity contribution in [3.8, 4) is 5.75 Å². The summed E-state index contributed by atoms with van der Waals surface area (Å²) in [6, 6.07) is 13.1. The molecule has 1 aliphatic rings. The Labute approximate surface area is 180 Å². The Bertz CT molecular complexity index is 1020. The van der Waals surface area contributed by atoms with E-state index in [0.29, 0.717) is 34.1 Å². The van der Waals surface area contributed by atoms with Crippen LogP contribution in [0.25, 0.3) is 0 Å². The maximum atomic E-state index is 13.3. The smallest absolute Gasteiger partial charge is 0.311 e. The zero-order valence-corrected chi connectivity index (χ0v) is 17.9. The predicted molar refractivity (Wildman–Crippen MR) is 119 cm³/mol. The summed E-state index contributed by atoms with van der Waals surface area (Å²) < 4.78 is 5.52. The molecule has 0 spiro atoms. The van der Waals surface area contributed by atoms with Crippen LogP contribution in [0.4, 0.5) is 5.69 Å². The summed E-state index contributed by atoms with van der Waals surface area (Å²) >= 11 is 5.42. The molecule has 1 N–H and O–H groups in total. The van der Waals surface area contributed by atoms with Gasteiger partial charge in [0, 0.05) is 29.9 Å². The van der Waals surface area contributed by atoms with E-state index in [9.17, 15) is 14.9 Å². The lowest BCUT2D eigenvalue weighted by atomic mass is 9.89. The number of hydrogen-bond donors (Lipinski definition) is 1. The van der Waals surface area contributed by atoms with E-state index in [0.717, 1.165) is 6.42 Å². The van der Waals surface area contributed by atoms with Crippen molar-refractivity contribution < 1.29 is 14.5 Å². The Hall–Kier alpha value is -3.26. The fourth-order valence-electron chi connectivity index (χ4n) is 3.32. The lowest BCUT2D eigenvalue weighted by Crippen LogP contribution is -2.45. The Morgan fingerprint density at radius 3 is 2.60 bits per heavy atom. The second-order valence-electron chi connectivity index (χ2n) is 6.97. The van der Waals surface area contributed by atoms with Gasteiger partial charge in [0.25, 0.3) is 0 Å². The third-order valence-electron chi connectivity index (χ3n) is 5.01. The molecule has 0 aromatic heterocycles. The van der Waals surface area contributed by atoms with Gasteiger partial charge < -0.3 is 15.0 Å². The van der Waals surface area contributed by atoms with Crippen LogP contribution in [0.5, 0.6) is 5.75 Å². The van der Waals surface area contributed by atoms with Crippen LogP contribution in [-0.4, -0.2) is 34.4 Å². The number of carbonyl (C=O) groups excluding carboxylic acids is 1. The van der Waals surface area contributed by atoms with Crippen LogP contribution in [0.15, 0.2) is 59.8 Å². The van der Waals surface area contributed by atoms with Crippen molar-refractivity contribution in [3.05, 3.63) is 81.0 Å². The zero-order chi connectivity index (χ0) is 21.8. The first kappa shape index (κ1) is 21.4. The third-order valence-corrected chi connectivity index (χ3v) is 5.40. The van der Waals surface area contributed by atoms with Crippen molar-refractivity contribution in [2.24, 2.45) is 0 Å². The molecule has 8 heteroatoms. The van der Waals surface area contributed by atoms with E-state index >= 15 is 0 Å². The van der Waals surface area contributed by atoms with Crippen molar-refractivity contribution in [2.75, 3.05) is 13.7 Å². The van der Waals surface area contributed by atoms with Crippen LogP contribution in [0.3, 0.4) is 0 Å². The minimum Gasteiger partial charge on any atom is -0.487 e. The lowest BCUT2D eigenvalue weighted by Gasteiger charge is -2.35. The topological polar surface area (TPSA) is 84.7 Å². The predicted octanol–water partition coefficient (Wildman–Crippen LogP) is 4.40. The SMILES string of the molecule is CCCOc1ccc(C2NC(=S)N(C)C(C)=C2C(=O)c2ccccc2)cc1[N+](=O)[O-]. The first-order chi connectivity index (χ1) is 14.3. The van der Waals surface area contributed by atoms with Gasteiger partial charge in [-0.2, -0.15) is 0 Å². The van der Waals surface area contributed by atoms with Crippen LogP contribution in [0, 0.1) is 10.1 Å². The van der Waals surface area contributed by atoms with Crippen molar-refractivity contribution >= 4 is 28.8 Å². The quantitative estimate of drug-likeness (QED) is 0.305. The van der Waals surface area contributed by atoms with Crippen molar-refractivity contribution in [1.29, 1.82) is 0 Å². The van der Waals surface area contributed by atoms with Gasteiger partial charge in [-0.3, -0.25) is 14.9 Å². The van der Waals surface area contributed by atoms with Crippen molar-refractivity contribution in [1.82, 2.24) is 10.2 Å². The standard InChI is InChI=1S/C22H23N3O4S/c1-4-12-29-18-11-10-16(13-17(18)25(27)28)20-19(14(2)24(3)22(30)23-20)21(26)15-8-6-5-7-9-15/h5-11,13,20H,4,12H2,1-3H3,(H,23,30). The van der Waals surface area contributed by atoms with E-state index in [1.54, 1.807) is 48.3 Å². The number of nitro groups is 1. The minimum atomic E-state index is -0.611. The molecule has 2 aromatic carbocycles. The highest BCUT2D eigenvalue weighted by molar-refractivity contribution is 7.80. The Morgan fingerprint density at radius 1 is 1.27 bits per heavy atom. The van der Waals surface area contributed by atoms with E-state index in [1.165, 1.54) is 6.07 Å². The summed E-state index contributed by atoms with van der Waals surface area (Å²) in [7, 11) is 1.78. The van der Waals surface area contributed by atoms with Gasteiger partial charge in [-0.15, -0.1) is 0 Å². The molecule has 156 valence electrons. The molecule has 0 saturated carbocycles. The van der Waals surface area contributed by atoms with E-state index in [2.05, 4.69) is 5.32 Å². The Kier molecular flexibility index (Phi) is 6.47. The normalized spacial score (nSPS) is 16.3. The second-order valence-corrected chi connectivity index (χ2v) is 7.36. The monoisotopic (exact) mass is 425 g/mol. The summed E-state index contributed by atoms with van der Waals surface area (Å²) in [5.41, 5.74) is 2.16. The van der Waals surface area contributed by atoms with Crippen molar-refractivity contribution in [3.63, 3.8) is 0 Å². The fourth-order valence-corrected chi connectivity index (χ4v) is 3.57. The number of nitrogens with zero attached hydrogens (tertiary/aromatic N) is 2. The summed E-state index contributed by atoms with van der Waals surface area (Å²) in [6.07, 6.45) is 0.737. The highest BCUT2D eigenvalue weighted by Gasteiger charge is 2.34. The van der Waals surface area contributed by atoms with Gasteiger partial charge >= 0.3 is 5.69 Å². The molecule has 1 unspecified atom stereocenters. The maximum Gasteiger partial charge on any atom is 0.311 e. The molecule has 3 rings (SSSR count). The molecule has 1 atom stereocenters. The van der Waals surface area contributed by atoms with E-state index < -0.39 is 11.0 Å². The molecule has 0 radical (unpaired) electrons. The summed E-state index contributed by atoms with van der Waals surface area (Å²) in [6.45, 7) is 4.13. The van der Waals surface area contributed by atoms with Crippen LogP contribution in [0.2, 0.25) is 0 Å². The van der Waals surface area contributed by atoms with Gasteiger partial charge in [0.2, 0.25) is 0 Å². The van der Waals surface area contributed by atoms with Crippen molar-refractivity contribution in [2.45, 2.75) is 26.3 Å². The number of rotatable bonds is 7. The highest BCUT2D eigenvalue weighted by atomic mass is 32.1. The van der Waals surface area contributed by atoms with E-state index in [1.807, 2.05) is 19.9 Å². The van der Waals surface area contributed by atoms with E-state index in [-0.39, 0.29) is 17.2 Å². The van der Waals surface area contributed by atoms with E-state index in [4.69, 9.17) is 17.0 Å². The molecule has 0 aliphatic carbocycles. The van der Waals surface area contributed by atoms with Gasteiger partial charge in [-0.25, -0.2) is 0 Å². The lowest BCUT2D eigenvalue weighted by molar-refractivity contribution is -0.385. The number of thiocarbonyl (C=S) groups is 1. The molecule has 0 bridgehead atoms.